The fourth-order valence-corrected chi connectivity index (χ4v) is 4.34. The number of nitrogen functional groups attached to an aromatic ring is 1. The topological polar surface area (TPSA) is 83.6 Å². The monoisotopic (exact) mass is 326 g/mol. The number of nitrogens with two attached hydrogens (primary N) is 1. The smallest absolute Gasteiger partial charge is 0.327 e. The lowest BCUT2D eigenvalue weighted by Crippen LogP contribution is -2.46. The second-order valence-corrected chi connectivity index (χ2v) is 6.92. The van der Waals surface area contributed by atoms with Crippen LogP contribution in [0.3, 0.4) is 0 Å². The lowest BCUT2D eigenvalue weighted by Gasteiger charge is -2.27. The van der Waals surface area contributed by atoms with Gasteiger partial charge in [0.2, 0.25) is 0 Å². The van der Waals surface area contributed by atoms with Crippen LogP contribution in [0.5, 0.6) is 0 Å². The van der Waals surface area contributed by atoms with Crippen molar-refractivity contribution in [2.45, 2.75) is 24.3 Å². The van der Waals surface area contributed by atoms with Gasteiger partial charge in [-0.25, -0.2) is 4.79 Å². The lowest BCUT2D eigenvalue weighted by atomic mass is 10.1. The molecule has 3 rings (SSSR count). The number of hydrogen-bond donors (Lipinski definition) is 2. The summed E-state index contributed by atoms with van der Waals surface area (Å²) in [6.45, 7) is 0. The molecular formula is C14H15ClN2O3S. The van der Waals surface area contributed by atoms with Crippen LogP contribution in [0.2, 0.25) is 5.02 Å². The second-order valence-electron chi connectivity index (χ2n) is 5.36. The number of hydrogen-bond acceptors (Lipinski definition) is 4. The predicted octanol–water partition coefficient (Wildman–Crippen LogP) is 2.30. The van der Waals surface area contributed by atoms with Crippen LogP contribution in [0, 0.1) is 5.92 Å². The number of nitrogens with zero attached hydrogens (tertiary/aromatic N) is 1. The van der Waals surface area contributed by atoms with E-state index in [1.54, 1.807) is 23.9 Å². The van der Waals surface area contributed by atoms with Gasteiger partial charge in [0.05, 0.1) is 16.1 Å². The van der Waals surface area contributed by atoms with Gasteiger partial charge in [-0.2, -0.15) is 0 Å². The maximum atomic E-state index is 12.7. The van der Waals surface area contributed by atoms with E-state index in [0.29, 0.717) is 27.9 Å². The zero-order chi connectivity index (χ0) is 15.1. The third-order valence-corrected chi connectivity index (χ3v) is 5.62. The van der Waals surface area contributed by atoms with Crippen LogP contribution in [0.15, 0.2) is 18.2 Å². The van der Waals surface area contributed by atoms with E-state index in [9.17, 15) is 14.7 Å². The molecule has 0 radical (unpaired) electrons. The molecule has 1 aromatic rings. The number of anilines is 1. The van der Waals surface area contributed by atoms with E-state index in [1.807, 2.05) is 0 Å². The first kappa shape index (κ1) is 14.5. The number of rotatable bonds is 3. The fraction of sp³-hybridized carbons (Fsp3) is 0.429. The summed E-state index contributed by atoms with van der Waals surface area (Å²) < 4.78 is 0. The van der Waals surface area contributed by atoms with Gasteiger partial charge in [-0.05, 0) is 37.0 Å². The maximum Gasteiger partial charge on any atom is 0.327 e. The Kier molecular flexibility index (Phi) is 3.75. The molecule has 0 bridgehead atoms. The van der Waals surface area contributed by atoms with E-state index < -0.39 is 12.0 Å². The Balaban J connectivity index is 1.91. The Bertz CT molecular complexity index is 606. The highest BCUT2D eigenvalue weighted by Gasteiger charge is 2.48. The van der Waals surface area contributed by atoms with Crippen molar-refractivity contribution >= 4 is 40.9 Å². The molecular weight excluding hydrogens is 312 g/mol. The van der Waals surface area contributed by atoms with Crippen molar-refractivity contribution in [3.8, 4) is 0 Å². The lowest BCUT2D eigenvalue weighted by molar-refractivity contribution is -0.141. The summed E-state index contributed by atoms with van der Waals surface area (Å²) in [6, 6.07) is 3.89. The van der Waals surface area contributed by atoms with E-state index in [-0.39, 0.29) is 11.3 Å². The minimum Gasteiger partial charge on any atom is -0.480 e. The maximum absolute atomic E-state index is 12.7. The van der Waals surface area contributed by atoms with Gasteiger partial charge in [-0.3, -0.25) is 4.79 Å². The molecule has 2 unspecified atom stereocenters. The molecule has 1 heterocycles. The molecule has 1 saturated carbocycles. The molecule has 1 saturated heterocycles. The second kappa shape index (κ2) is 5.42. The molecule has 0 aromatic heterocycles. The molecule has 112 valence electrons. The van der Waals surface area contributed by atoms with Crippen LogP contribution in [-0.4, -0.2) is 39.1 Å². The molecule has 2 fully saturated rings. The van der Waals surface area contributed by atoms with E-state index >= 15 is 0 Å². The van der Waals surface area contributed by atoms with Crippen LogP contribution >= 0.6 is 23.4 Å². The van der Waals surface area contributed by atoms with E-state index in [1.165, 1.54) is 11.0 Å². The molecule has 2 aliphatic rings. The highest BCUT2D eigenvalue weighted by atomic mass is 35.5. The predicted molar refractivity (Wildman–Crippen MR) is 82.4 cm³/mol. The number of thioether (sulfide) groups is 1. The first-order valence-corrected chi connectivity index (χ1v) is 8.14. The van der Waals surface area contributed by atoms with Gasteiger partial charge in [-0.1, -0.05) is 11.6 Å². The largest absolute Gasteiger partial charge is 0.480 e. The van der Waals surface area contributed by atoms with Crippen LogP contribution in [0.25, 0.3) is 0 Å². The zero-order valence-corrected chi connectivity index (χ0v) is 12.7. The summed E-state index contributed by atoms with van der Waals surface area (Å²) in [5.41, 5.74) is 6.43. The number of halogens is 1. The molecule has 1 aliphatic carbocycles. The highest BCUT2D eigenvalue weighted by Crippen LogP contribution is 2.46. The van der Waals surface area contributed by atoms with Crippen LogP contribution in [-0.2, 0) is 4.79 Å². The van der Waals surface area contributed by atoms with Gasteiger partial charge in [0.1, 0.15) is 6.04 Å². The quantitative estimate of drug-likeness (QED) is 0.833. The Morgan fingerprint density at radius 1 is 1.38 bits per heavy atom. The number of carboxylic acids is 1. The van der Waals surface area contributed by atoms with Crippen molar-refractivity contribution in [2.24, 2.45) is 5.92 Å². The Morgan fingerprint density at radius 3 is 2.67 bits per heavy atom. The third kappa shape index (κ3) is 2.70. The van der Waals surface area contributed by atoms with Gasteiger partial charge in [-0.15, -0.1) is 11.8 Å². The molecule has 0 spiro atoms. The van der Waals surface area contributed by atoms with Crippen LogP contribution in [0.4, 0.5) is 5.69 Å². The van der Waals surface area contributed by atoms with E-state index in [0.717, 1.165) is 12.8 Å². The number of aliphatic carboxylic acids is 1. The van der Waals surface area contributed by atoms with Crippen LogP contribution < -0.4 is 5.73 Å². The molecule has 2 atom stereocenters. The van der Waals surface area contributed by atoms with Crippen LogP contribution in [0.1, 0.15) is 23.2 Å². The number of carbonyl (C=O) groups excluding carboxylic acids is 1. The summed E-state index contributed by atoms with van der Waals surface area (Å²) >= 11 is 7.51. The SMILES string of the molecule is Nc1ccc(C(=O)N2C(C(=O)O)CSC2C2CC2)cc1Cl. The number of carbonyl (C=O) groups is 2. The van der Waals surface area contributed by atoms with Gasteiger partial charge in [0.15, 0.2) is 0 Å². The molecule has 1 aromatic carbocycles. The van der Waals surface area contributed by atoms with Crippen molar-refractivity contribution < 1.29 is 14.7 Å². The molecule has 5 nitrogen and oxygen atoms in total. The standard InChI is InChI=1S/C14H15ClN2O3S/c15-9-5-8(3-4-10(9)16)12(18)17-11(14(19)20)6-21-13(17)7-1-2-7/h3-5,7,11,13H,1-2,6,16H2,(H,19,20). The minimum atomic E-state index is -0.958. The summed E-state index contributed by atoms with van der Waals surface area (Å²) in [7, 11) is 0. The number of carboxylic acid groups (broad SMARTS) is 1. The van der Waals surface area contributed by atoms with Gasteiger partial charge in [0.25, 0.3) is 5.91 Å². The number of benzene rings is 1. The van der Waals surface area contributed by atoms with E-state index in [2.05, 4.69) is 0 Å². The average Bonchev–Trinajstić information content (AvgIpc) is 3.19. The number of amides is 1. The molecule has 21 heavy (non-hydrogen) atoms. The zero-order valence-electron chi connectivity index (χ0n) is 11.2. The Morgan fingerprint density at radius 2 is 2.10 bits per heavy atom. The Labute approximate surface area is 131 Å². The van der Waals surface area contributed by atoms with Gasteiger partial charge in [0, 0.05) is 11.3 Å². The minimum absolute atomic E-state index is 0.0464. The summed E-state index contributed by atoms with van der Waals surface area (Å²) in [6.07, 6.45) is 2.10. The summed E-state index contributed by atoms with van der Waals surface area (Å²) in [4.78, 5) is 25.6. The van der Waals surface area contributed by atoms with E-state index in [4.69, 9.17) is 17.3 Å². The highest BCUT2D eigenvalue weighted by molar-refractivity contribution is 8.00. The normalized spacial score (nSPS) is 25.1. The van der Waals surface area contributed by atoms with Crippen molar-refractivity contribution in [3.05, 3.63) is 28.8 Å². The van der Waals surface area contributed by atoms with Gasteiger partial charge < -0.3 is 15.7 Å². The first-order chi connectivity index (χ1) is 9.99. The molecule has 7 heteroatoms. The first-order valence-electron chi connectivity index (χ1n) is 6.71. The van der Waals surface area contributed by atoms with Crippen molar-refractivity contribution in [3.63, 3.8) is 0 Å². The fourth-order valence-electron chi connectivity index (χ4n) is 2.53. The summed E-state index contributed by atoms with van der Waals surface area (Å²) in [5.74, 6) is -0.399. The Hall–Kier alpha value is -1.40. The molecule has 1 aliphatic heterocycles. The van der Waals surface area contributed by atoms with Gasteiger partial charge >= 0.3 is 5.97 Å². The van der Waals surface area contributed by atoms with Crippen molar-refractivity contribution in [1.82, 2.24) is 4.90 Å². The van der Waals surface area contributed by atoms with Crippen molar-refractivity contribution in [2.75, 3.05) is 11.5 Å². The van der Waals surface area contributed by atoms with Crippen molar-refractivity contribution in [1.29, 1.82) is 0 Å². The third-order valence-electron chi connectivity index (χ3n) is 3.83. The molecule has 3 N–H and O–H groups in total. The average molecular weight is 327 g/mol. The molecule has 1 amide bonds. The summed E-state index contributed by atoms with van der Waals surface area (Å²) in [5, 5.41) is 9.61.